The highest BCUT2D eigenvalue weighted by atomic mass is 79.9. The van der Waals surface area contributed by atoms with Gasteiger partial charge in [-0.15, -0.1) is 0 Å². The molecule has 4 rings (SSSR count). The molecule has 1 saturated heterocycles. The second-order valence-electron chi connectivity index (χ2n) is 9.11. The number of nitrogens with zero attached hydrogens (tertiary/aromatic N) is 1. The topological polar surface area (TPSA) is 87.7 Å². The highest BCUT2D eigenvalue weighted by Gasteiger charge is 2.34. The Bertz CT molecular complexity index is 1370. The number of rotatable bonds is 8. The van der Waals surface area contributed by atoms with Gasteiger partial charge < -0.3 is 20.3 Å². The van der Waals surface area contributed by atoms with Crippen molar-refractivity contribution in [3.05, 3.63) is 94.0 Å². The summed E-state index contributed by atoms with van der Waals surface area (Å²) >= 11 is 3.51. The van der Waals surface area contributed by atoms with Crippen molar-refractivity contribution in [3.8, 4) is 5.75 Å². The standard InChI is InChI=1S/C29H28BrF2N3O4/c1-2-23(20-9-4-6-12-26(20)39-17-18-8-3-5-10-21(18)30)33-27(36)28(37)34-24-11-7-15-35(29(24)38)25-14-13-19(31)16-22(25)32/h3-6,8-10,12-14,16,23-24H,2,7,11,15,17H2,1H3,(H,33,36)(H,34,37). The summed E-state index contributed by atoms with van der Waals surface area (Å²) in [5, 5.41) is 5.20. The summed E-state index contributed by atoms with van der Waals surface area (Å²) in [6, 6.07) is 16.4. The van der Waals surface area contributed by atoms with Crippen LogP contribution < -0.4 is 20.3 Å². The Hall–Kier alpha value is -3.79. The average Bonchev–Trinajstić information content (AvgIpc) is 2.93. The molecule has 1 aliphatic heterocycles. The number of piperidine rings is 1. The predicted octanol–water partition coefficient (Wildman–Crippen LogP) is 5.19. The molecule has 0 spiro atoms. The minimum atomic E-state index is -1.01. The fraction of sp³-hybridized carbons (Fsp3) is 0.276. The van der Waals surface area contributed by atoms with Crippen molar-refractivity contribution >= 4 is 39.3 Å². The molecule has 1 heterocycles. The SMILES string of the molecule is CCC(NC(=O)C(=O)NC1CCCN(c2ccc(F)cc2F)C1=O)c1ccccc1OCc1ccccc1Br. The van der Waals surface area contributed by atoms with Gasteiger partial charge in [0.15, 0.2) is 0 Å². The molecule has 7 nitrogen and oxygen atoms in total. The molecule has 0 saturated carbocycles. The van der Waals surface area contributed by atoms with Gasteiger partial charge in [-0.2, -0.15) is 0 Å². The normalized spacial score (nSPS) is 15.9. The maximum atomic E-state index is 14.3. The van der Waals surface area contributed by atoms with Crippen LogP contribution in [-0.2, 0) is 21.0 Å². The highest BCUT2D eigenvalue weighted by Crippen LogP contribution is 2.29. The number of para-hydroxylation sites is 1. The van der Waals surface area contributed by atoms with Crippen LogP contribution in [0.1, 0.15) is 43.4 Å². The molecular weight excluding hydrogens is 572 g/mol. The fourth-order valence-corrected chi connectivity index (χ4v) is 4.87. The van der Waals surface area contributed by atoms with Gasteiger partial charge in [-0.3, -0.25) is 14.4 Å². The molecule has 3 aromatic rings. The van der Waals surface area contributed by atoms with E-state index in [2.05, 4.69) is 26.6 Å². The summed E-state index contributed by atoms with van der Waals surface area (Å²) in [6.45, 7) is 2.39. The van der Waals surface area contributed by atoms with Crippen molar-refractivity contribution in [2.24, 2.45) is 0 Å². The van der Waals surface area contributed by atoms with Crippen LogP contribution in [0.4, 0.5) is 14.5 Å². The fourth-order valence-electron chi connectivity index (χ4n) is 4.47. The first kappa shape index (κ1) is 28.2. The van der Waals surface area contributed by atoms with Crippen molar-refractivity contribution < 1.29 is 27.9 Å². The van der Waals surface area contributed by atoms with E-state index >= 15 is 0 Å². The maximum Gasteiger partial charge on any atom is 0.309 e. The Morgan fingerprint density at radius 3 is 2.56 bits per heavy atom. The van der Waals surface area contributed by atoms with Gasteiger partial charge in [0.25, 0.3) is 0 Å². The minimum absolute atomic E-state index is 0.0741. The second-order valence-corrected chi connectivity index (χ2v) is 9.96. The van der Waals surface area contributed by atoms with Gasteiger partial charge in [-0.25, -0.2) is 8.78 Å². The lowest BCUT2D eigenvalue weighted by Gasteiger charge is -2.32. The van der Waals surface area contributed by atoms with Crippen LogP contribution in [0.3, 0.4) is 0 Å². The van der Waals surface area contributed by atoms with Crippen LogP contribution in [0.25, 0.3) is 0 Å². The molecule has 0 radical (unpaired) electrons. The van der Waals surface area contributed by atoms with Crippen LogP contribution in [0.2, 0.25) is 0 Å². The average molecular weight is 600 g/mol. The monoisotopic (exact) mass is 599 g/mol. The summed E-state index contributed by atoms with van der Waals surface area (Å²) in [5.74, 6) is -3.50. The van der Waals surface area contributed by atoms with Crippen molar-refractivity contribution in [1.82, 2.24) is 10.6 Å². The van der Waals surface area contributed by atoms with E-state index in [0.717, 1.165) is 21.0 Å². The quantitative estimate of drug-likeness (QED) is 0.349. The second kappa shape index (κ2) is 12.8. The number of anilines is 1. The van der Waals surface area contributed by atoms with E-state index in [1.807, 2.05) is 49.4 Å². The number of carbonyl (C=O) groups excluding carboxylic acids is 3. The van der Waals surface area contributed by atoms with Crippen LogP contribution in [-0.4, -0.2) is 30.3 Å². The number of carbonyl (C=O) groups is 3. The van der Waals surface area contributed by atoms with E-state index in [1.54, 1.807) is 6.07 Å². The van der Waals surface area contributed by atoms with Gasteiger partial charge >= 0.3 is 11.8 Å². The molecule has 3 aromatic carbocycles. The highest BCUT2D eigenvalue weighted by molar-refractivity contribution is 9.10. The van der Waals surface area contributed by atoms with Crippen LogP contribution in [0.5, 0.6) is 5.75 Å². The zero-order chi connectivity index (χ0) is 27.9. The van der Waals surface area contributed by atoms with Crippen LogP contribution >= 0.6 is 15.9 Å². The third-order valence-electron chi connectivity index (χ3n) is 6.50. The summed E-state index contributed by atoms with van der Waals surface area (Å²) in [6.07, 6.45) is 1.24. The van der Waals surface area contributed by atoms with Crippen molar-refractivity contribution in [3.63, 3.8) is 0 Å². The summed E-state index contributed by atoms with van der Waals surface area (Å²) in [4.78, 5) is 39.8. The number of halogens is 3. The molecule has 1 aliphatic rings. The Labute approximate surface area is 233 Å². The van der Waals surface area contributed by atoms with E-state index in [0.29, 0.717) is 43.2 Å². The maximum absolute atomic E-state index is 14.3. The van der Waals surface area contributed by atoms with Crippen molar-refractivity contribution in [1.29, 1.82) is 0 Å². The molecule has 0 bridgehead atoms. The van der Waals surface area contributed by atoms with Gasteiger partial charge in [-0.1, -0.05) is 59.3 Å². The van der Waals surface area contributed by atoms with Gasteiger partial charge in [-0.05, 0) is 43.5 Å². The van der Waals surface area contributed by atoms with E-state index in [9.17, 15) is 23.2 Å². The molecule has 0 aromatic heterocycles. The van der Waals surface area contributed by atoms with Crippen molar-refractivity contribution in [2.45, 2.75) is 44.9 Å². The first-order valence-corrected chi connectivity index (χ1v) is 13.4. The number of hydrogen-bond acceptors (Lipinski definition) is 4. The first-order valence-electron chi connectivity index (χ1n) is 12.6. The molecule has 204 valence electrons. The van der Waals surface area contributed by atoms with Gasteiger partial charge in [0, 0.05) is 28.2 Å². The summed E-state index contributed by atoms with van der Waals surface area (Å²) < 4.78 is 34.6. The molecular formula is C29H28BrF2N3O4. The zero-order valence-electron chi connectivity index (χ0n) is 21.3. The molecule has 2 atom stereocenters. The number of nitrogens with one attached hydrogen (secondary N) is 2. The Morgan fingerprint density at radius 1 is 1.08 bits per heavy atom. The molecule has 39 heavy (non-hydrogen) atoms. The Kier molecular flexibility index (Phi) is 9.29. The van der Waals surface area contributed by atoms with Crippen LogP contribution in [0.15, 0.2) is 71.2 Å². The molecule has 0 aliphatic carbocycles. The van der Waals surface area contributed by atoms with E-state index in [4.69, 9.17) is 4.74 Å². The molecule has 1 fully saturated rings. The molecule has 2 N–H and O–H groups in total. The number of benzene rings is 3. The van der Waals surface area contributed by atoms with Gasteiger partial charge in [0.1, 0.15) is 30.0 Å². The van der Waals surface area contributed by atoms with E-state index < -0.39 is 41.4 Å². The van der Waals surface area contributed by atoms with E-state index in [-0.39, 0.29) is 12.2 Å². The first-order chi connectivity index (χ1) is 18.8. The number of ether oxygens (including phenoxy) is 1. The lowest BCUT2D eigenvalue weighted by molar-refractivity contribution is -0.141. The van der Waals surface area contributed by atoms with Gasteiger partial charge in [0.05, 0.1) is 11.7 Å². The predicted molar refractivity (Wildman–Crippen MR) is 146 cm³/mol. The largest absolute Gasteiger partial charge is 0.489 e. The van der Waals surface area contributed by atoms with Crippen LogP contribution in [0, 0.1) is 11.6 Å². The Balaban J connectivity index is 1.41. The minimum Gasteiger partial charge on any atom is -0.489 e. The zero-order valence-corrected chi connectivity index (χ0v) is 22.8. The van der Waals surface area contributed by atoms with E-state index in [1.165, 1.54) is 6.07 Å². The van der Waals surface area contributed by atoms with Gasteiger partial charge in [0.2, 0.25) is 5.91 Å². The summed E-state index contributed by atoms with van der Waals surface area (Å²) in [5.41, 5.74) is 1.59. The third kappa shape index (κ3) is 6.81. The lowest BCUT2D eigenvalue weighted by atomic mass is 10.0. The smallest absolute Gasteiger partial charge is 0.309 e. The molecule has 10 heteroatoms. The molecule has 2 unspecified atom stereocenters. The van der Waals surface area contributed by atoms with Crippen molar-refractivity contribution in [2.75, 3.05) is 11.4 Å². The lowest BCUT2D eigenvalue weighted by Crippen LogP contribution is -2.55. The number of hydrogen-bond donors (Lipinski definition) is 2. The third-order valence-corrected chi connectivity index (χ3v) is 7.27. The molecule has 3 amide bonds. The Morgan fingerprint density at radius 2 is 1.82 bits per heavy atom. The number of amides is 3. The summed E-state index contributed by atoms with van der Waals surface area (Å²) in [7, 11) is 0.